The van der Waals surface area contributed by atoms with Crippen molar-refractivity contribution in [2.45, 2.75) is 39.0 Å². The molecule has 2 rings (SSSR count). The molecule has 2 amide bonds. The molecule has 1 saturated heterocycles. The molecule has 2 heterocycles. The van der Waals surface area contributed by atoms with Crippen molar-refractivity contribution < 1.29 is 14.3 Å². The molecule has 1 atom stereocenters. The molecule has 0 saturated carbocycles. The molecule has 126 valence electrons. The Morgan fingerprint density at radius 1 is 1.39 bits per heavy atom. The highest BCUT2D eigenvalue weighted by molar-refractivity contribution is 5.93. The fourth-order valence-electron chi connectivity index (χ4n) is 2.82. The monoisotopic (exact) mass is 321 g/mol. The Morgan fingerprint density at radius 3 is 2.70 bits per heavy atom. The predicted octanol–water partition coefficient (Wildman–Crippen LogP) is 0.234. The number of amides is 2. The molecule has 7 heteroatoms. The number of rotatable bonds is 3. The Balaban J connectivity index is 2.17. The van der Waals surface area contributed by atoms with Crippen LogP contribution >= 0.6 is 0 Å². The van der Waals surface area contributed by atoms with Crippen molar-refractivity contribution in [2.24, 2.45) is 0 Å². The summed E-state index contributed by atoms with van der Waals surface area (Å²) in [7, 11) is 1.51. The maximum atomic E-state index is 12.5. The summed E-state index contributed by atoms with van der Waals surface area (Å²) in [4.78, 5) is 37.8. The van der Waals surface area contributed by atoms with E-state index in [1.807, 2.05) is 20.8 Å². The largest absolute Gasteiger partial charge is 0.369 e. The highest BCUT2D eigenvalue weighted by atomic mass is 16.5. The minimum absolute atomic E-state index is 0.0587. The van der Waals surface area contributed by atoms with E-state index in [2.05, 4.69) is 5.32 Å². The van der Waals surface area contributed by atoms with Gasteiger partial charge in [-0.1, -0.05) is 0 Å². The zero-order valence-electron chi connectivity index (χ0n) is 14.0. The van der Waals surface area contributed by atoms with Crippen LogP contribution in [0.2, 0.25) is 0 Å². The molecular formula is C16H23N3O4. The highest BCUT2D eigenvalue weighted by Crippen LogP contribution is 2.20. The van der Waals surface area contributed by atoms with Crippen LogP contribution in [-0.4, -0.2) is 53.1 Å². The first-order valence-corrected chi connectivity index (χ1v) is 7.60. The second-order valence-corrected chi connectivity index (χ2v) is 6.43. The van der Waals surface area contributed by atoms with Crippen LogP contribution in [0.1, 0.15) is 31.1 Å². The maximum absolute atomic E-state index is 12.5. The van der Waals surface area contributed by atoms with E-state index in [1.54, 1.807) is 4.90 Å². The van der Waals surface area contributed by atoms with Crippen molar-refractivity contribution in [1.82, 2.24) is 14.8 Å². The first-order chi connectivity index (χ1) is 10.7. The summed E-state index contributed by atoms with van der Waals surface area (Å²) in [5, 5.41) is 2.50. The minimum Gasteiger partial charge on any atom is -0.369 e. The summed E-state index contributed by atoms with van der Waals surface area (Å²) in [5.74, 6) is -0.461. The summed E-state index contributed by atoms with van der Waals surface area (Å²) in [6.07, 6.45) is 1.35. The van der Waals surface area contributed by atoms with Gasteiger partial charge in [-0.2, -0.15) is 0 Å². The lowest BCUT2D eigenvalue weighted by Gasteiger charge is -2.41. The van der Waals surface area contributed by atoms with Gasteiger partial charge in [0.1, 0.15) is 6.54 Å². The molecule has 0 bridgehead atoms. The van der Waals surface area contributed by atoms with E-state index in [1.165, 1.54) is 29.9 Å². The SMILES string of the molecule is CNC(=O)c1ccc(=O)n(CC(=O)N2CC(C)OC(C)(C)C2)c1. The van der Waals surface area contributed by atoms with Crippen LogP contribution < -0.4 is 10.9 Å². The second kappa shape index (κ2) is 6.54. The van der Waals surface area contributed by atoms with E-state index in [9.17, 15) is 14.4 Å². The van der Waals surface area contributed by atoms with Crippen LogP contribution in [0.3, 0.4) is 0 Å². The summed E-state index contributed by atoms with van der Waals surface area (Å²) >= 11 is 0. The first-order valence-electron chi connectivity index (χ1n) is 7.60. The molecule has 0 aliphatic carbocycles. The van der Waals surface area contributed by atoms with Gasteiger partial charge < -0.3 is 19.5 Å². The normalized spacial score (nSPS) is 20.2. The fraction of sp³-hybridized carbons (Fsp3) is 0.562. The van der Waals surface area contributed by atoms with E-state index in [0.29, 0.717) is 18.7 Å². The molecule has 0 radical (unpaired) electrons. The highest BCUT2D eigenvalue weighted by Gasteiger charge is 2.33. The number of ether oxygens (including phenoxy) is 1. The molecule has 23 heavy (non-hydrogen) atoms. The fourth-order valence-corrected chi connectivity index (χ4v) is 2.82. The molecule has 1 aromatic heterocycles. The van der Waals surface area contributed by atoms with Crippen LogP contribution in [0.25, 0.3) is 0 Å². The summed E-state index contributed by atoms with van der Waals surface area (Å²) in [6, 6.07) is 2.74. The van der Waals surface area contributed by atoms with Crippen LogP contribution in [0.4, 0.5) is 0 Å². The van der Waals surface area contributed by atoms with E-state index < -0.39 is 5.60 Å². The number of morpholine rings is 1. The van der Waals surface area contributed by atoms with Gasteiger partial charge in [0.25, 0.3) is 11.5 Å². The number of carbonyl (C=O) groups excluding carboxylic acids is 2. The Morgan fingerprint density at radius 2 is 2.09 bits per heavy atom. The number of hydrogen-bond donors (Lipinski definition) is 1. The van der Waals surface area contributed by atoms with Crippen molar-refractivity contribution in [3.05, 3.63) is 34.2 Å². The van der Waals surface area contributed by atoms with Gasteiger partial charge in [-0.25, -0.2) is 0 Å². The van der Waals surface area contributed by atoms with Crippen molar-refractivity contribution in [2.75, 3.05) is 20.1 Å². The molecule has 7 nitrogen and oxygen atoms in total. The molecule has 0 aromatic carbocycles. The third kappa shape index (κ3) is 4.19. The lowest BCUT2D eigenvalue weighted by atomic mass is 10.1. The van der Waals surface area contributed by atoms with Gasteiger partial charge in [-0.15, -0.1) is 0 Å². The van der Waals surface area contributed by atoms with Crippen LogP contribution in [0, 0.1) is 0 Å². The van der Waals surface area contributed by atoms with Crippen molar-refractivity contribution >= 4 is 11.8 Å². The molecule has 0 spiro atoms. The number of carbonyl (C=O) groups is 2. The number of aromatic nitrogens is 1. The van der Waals surface area contributed by atoms with Crippen molar-refractivity contribution in [3.63, 3.8) is 0 Å². The van der Waals surface area contributed by atoms with Crippen LogP contribution in [0.5, 0.6) is 0 Å². The third-order valence-electron chi connectivity index (χ3n) is 3.70. The average molecular weight is 321 g/mol. The van der Waals surface area contributed by atoms with Crippen molar-refractivity contribution in [3.8, 4) is 0 Å². The van der Waals surface area contributed by atoms with E-state index >= 15 is 0 Å². The van der Waals surface area contributed by atoms with Gasteiger partial charge in [0, 0.05) is 32.4 Å². The van der Waals surface area contributed by atoms with Crippen molar-refractivity contribution in [1.29, 1.82) is 0 Å². The van der Waals surface area contributed by atoms with Gasteiger partial charge in [-0.05, 0) is 26.8 Å². The van der Waals surface area contributed by atoms with Crippen LogP contribution in [0.15, 0.2) is 23.1 Å². The average Bonchev–Trinajstić information content (AvgIpc) is 2.46. The topological polar surface area (TPSA) is 80.6 Å². The van der Waals surface area contributed by atoms with Gasteiger partial charge in [0.15, 0.2) is 0 Å². The molecule has 1 aliphatic heterocycles. The summed E-state index contributed by atoms with van der Waals surface area (Å²) in [6.45, 7) is 6.65. The maximum Gasteiger partial charge on any atom is 0.252 e. The number of nitrogens with zero attached hydrogens (tertiary/aromatic N) is 2. The zero-order chi connectivity index (χ0) is 17.2. The zero-order valence-corrected chi connectivity index (χ0v) is 14.0. The Labute approximate surface area is 135 Å². The quantitative estimate of drug-likeness (QED) is 0.864. The van der Waals surface area contributed by atoms with E-state index in [-0.39, 0.29) is 30.0 Å². The Hall–Kier alpha value is -2.15. The molecule has 1 unspecified atom stereocenters. The molecule has 1 aromatic rings. The molecule has 1 aliphatic rings. The molecular weight excluding hydrogens is 298 g/mol. The number of pyridine rings is 1. The van der Waals surface area contributed by atoms with Gasteiger partial charge >= 0.3 is 0 Å². The first kappa shape index (κ1) is 17.2. The second-order valence-electron chi connectivity index (χ2n) is 6.43. The minimum atomic E-state index is -0.414. The van der Waals surface area contributed by atoms with E-state index in [4.69, 9.17) is 4.74 Å². The standard InChI is InChI=1S/C16H23N3O4/c1-11-7-19(10-16(2,3)23-11)14(21)9-18-8-12(15(22)17-4)5-6-13(18)20/h5-6,8,11H,7,9-10H2,1-4H3,(H,17,22). The summed E-state index contributed by atoms with van der Waals surface area (Å²) in [5.41, 5.74) is -0.385. The lowest BCUT2D eigenvalue weighted by molar-refractivity contribution is -0.158. The number of nitrogens with one attached hydrogen (secondary N) is 1. The molecule has 1 N–H and O–H groups in total. The molecule has 1 fully saturated rings. The summed E-state index contributed by atoms with van der Waals surface area (Å²) < 4.78 is 7.04. The third-order valence-corrected chi connectivity index (χ3v) is 3.70. The smallest absolute Gasteiger partial charge is 0.252 e. The van der Waals surface area contributed by atoms with Gasteiger partial charge in [-0.3, -0.25) is 14.4 Å². The van der Waals surface area contributed by atoms with Gasteiger partial charge in [0.2, 0.25) is 5.91 Å². The predicted molar refractivity (Wildman–Crippen MR) is 85.3 cm³/mol. The number of hydrogen-bond acceptors (Lipinski definition) is 4. The van der Waals surface area contributed by atoms with Gasteiger partial charge in [0.05, 0.1) is 17.3 Å². The lowest BCUT2D eigenvalue weighted by Crippen LogP contribution is -2.54. The van der Waals surface area contributed by atoms with Crippen LogP contribution in [-0.2, 0) is 16.1 Å². The Bertz CT molecular complexity index is 666. The van der Waals surface area contributed by atoms with E-state index in [0.717, 1.165) is 0 Å². The Kier molecular flexibility index (Phi) is 4.89.